The fourth-order valence-corrected chi connectivity index (χ4v) is 2.92. The smallest absolute Gasteiger partial charge is 0.193 e. The highest BCUT2D eigenvalue weighted by atomic mass is 16.1. The van der Waals surface area contributed by atoms with Crippen LogP contribution >= 0.6 is 0 Å². The first-order chi connectivity index (χ1) is 14.5. The van der Waals surface area contributed by atoms with Crippen LogP contribution in [0.5, 0.6) is 0 Å². The summed E-state index contributed by atoms with van der Waals surface area (Å²) in [6, 6.07) is 33.9. The Bertz CT molecular complexity index is 1010. The van der Waals surface area contributed by atoms with Gasteiger partial charge in [0.1, 0.15) is 0 Å². The van der Waals surface area contributed by atoms with Gasteiger partial charge in [-0.05, 0) is 13.8 Å². The highest BCUT2D eigenvalue weighted by Crippen LogP contribution is 2.12. The molecule has 2 nitrogen and oxygen atoms in total. The molecule has 0 unspecified atom stereocenters. The van der Waals surface area contributed by atoms with Gasteiger partial charge in [0.15, 0.2) is 11.6 Å². The van der Waals surface area contributed by atoms with Gasteiger partial charge in [-0.2, -0.15) is 0 Å². The first-order valence-electron chi connectivity index (χ1n) is 9.87. The average molecular weight is 392 g/mol. The van der Waals surface area contributed by atoms with E-state index in [1.54, 1.807) is 0 Å². The number of aryl methyl sites for hydroxylation is 2. The molecular weight excluding hydrogens is 368 g/mol. The first-order valence-corrected chi connectivity index (χ1v) is 9.87. The van der Waals surface area contributed by atoms with Crippen molar-refractivity contribution in [1.82, 2.24) is 0 Å². The van der Waals surface area contributed by atoms with Crippen LogP contribution in [-0.2, 0) is 0 Å². The minimum Gasteiger partial charge on any atom is -0.289 e. The minimum absolute atomic E-state index is 0.0752. The number of ketones is 2. The summed E-state index contributed by atoms with van der Waals surface area (Å²) in [5.74, 6) is 0.159. The molecule has 0 aliphatic carbocycles. The molecule has 148 valence electrons. The van der Waals surface area contributed by atoms with Crippen LogP contribution in [0.2, 0.25) is 0 Å². The van der Waals surface area contributed by atoms with Gasteiger partial charge in [0.05, 0.1) is 0 Å². The summed E-state index contributed by atoms with van der Waals surface area (Å²) >= 11 is 0. The first kappa shape index (κ1) is 20.9. The SMILES string of the molecule is Cc1ccc(C(=O)c2ccc(C)cc2)cc1.O=C(c1ccccc1)c1ccccc1. The minimum atomic E-state index is 0.0752. The average Bonchev–Trinajstić information content (AvgIpc) is 2.81. The molecule has 0 spiro atoms. The monoisotopic (exact) mass is 392 g/mol. The summed E-state index contributed by atoms with van der Waals surface area (Å²) in [4.78, 5) is 23.9. The van der Waals surface area contributed by atoms with E-state index in [2.05, 4.69) is 0 Å². The molecule has 0 saturated carbocycles. The van der Waals surface area contributed by atoms with Crippen molar-refractivity contribution in [2.45, 2.75) is 13.8 Å². The van der Waals surface area contributed by atoms with E-state index in [4.69, 9.17) is 0 Å². The molecule has 4 aromatic rings. The van der Waals surface area contributed by atoms with Gasteiger partial charge in [0.25, 0.3) is 0 Å². The third-order valence-electron chi connectivity index (χ3n) is 4.70. The molecule has 0 radical (unpaired) electrons. The third-order valence-corrected chi connectivity index (χ3v) is 4.70. The summed E-state index contributed by atoms with van der Waals surface area (Å²) in [7, 11) is 0. The van der Waals surface area contributed by atoms with Gasteiger partial charge in [0, 0.05) is 22.3 Å². The highest BCUT2D eigenvalue weighted by Gasteiger charge is 2.08. The van der Waals surface area contributed by atoms with Gasteiger partial charge in [-0.25, -0.2) is 0 Å². The predicted molar refractivity (Wildman–Crippen MR) is 122 cm³/mol. The molecule has 2 heteroatoms. The van der Waals surface area contributed by atoms with Crippen LogP contribution in [0.25, 0.3) is 0 Å². The van der Waals surface area contributed by atoms with Crippen LogP contribution in [-0.4, -0.2) is 11.6 Å². The highest BCUT2D eigenvalue weighted by molar-refractivity contribution is 6.09. The fourth-order valence-electron chi connectivity index (χ4n) is 2.92. The number of hydrogen-bond acceptors (Lipinski definition) is 2. The number of carbonyl (C=O) groups is 2. The number of hydrogen-bond donors (Lipinski definition) is 0. The number of rotatable bonds is 4. The second-order valence-corrected chi connectivity index (χ2v) is 7.12. The van der Waals surface area contributed by atoms with E-state index in [-0.39, 0.29) is 11.6 Å². The molecule has 0 saturated heterocycles. The van der Waals surface area contributed by atoms with Crippen molar-refractivity contribution in [2.75, 3.05) is 0 Å². The van der Waals surface area contributed by atoms with Crippen LogP contribution in [0.1, 0.15) is 43.0 Å². The molecule has 0 heterocycles. The predicted octanol–water partition coefficient (Wildman–Crippen LogP) is 6.45. The maximum Gasteiger partial charge on any atom is 0.193 e. The summed E-state index contributed by atoms with van der Waals surface area (Å²) in [6.45, 7) is 4.03. The molecule has 30 heavy (non-hydrogen) atoms. The van der Waals surface area contributed by atoms with Crippen LogP contribution < -0.4 is 0 Å². The van der Waals surface area contributed by atoms with Crippen molar-refractivity contribution in [3.05, 3.63) is 143 Å². The molecule has 0 atom stereocenters. The van der Waals surface area contributed by atoms with E-state index >= 15 is 0 Å². The van der Waals surface area contributed by atoms with Crippen molar-refractivity contribution in [2.24, 2.45) is 0 Å². The standard InChI is InChI=1S/C15H14O.C13H10O/c1-11-3-7-13(8-4-11)15(16)14-9-5-12(2)6-10-14;14-13(11-7-3-1-4-8-11)12-9-5-2-6-10-12/h3-10H,1-2H3;1-10H. The van der Waals surface area contributed by atoms with E-state index in [0.29, 0.717) is 0 Å². The zero-order valence-electron chi connectivity index (χ0n) is 17.2. The van der Waals surface area contributed by atoms with E-state index in [9.17, 15) is 9.59 Å². The Morgan fingerprint density at radius 3 is 0.967 bits per heavy atom. The maximum absolute atomic E-state index is 12.1. The van der Waals surface area contributed by atoms with Crippen molar-refractivity contribution in [3.63, 3.8) is 0 Å². The van der Waals surface area contributed by atoms with Crippen LogP contribution in [0.15, 0.2) is 109 Å². The molecule has 0 fully saturated rings. The van der Waals surface area contributed by atoms with Crippen molar-refractivity contribution in [3.8, 4) is 0 Å². The van der Waals surface area contributed by atoms with E-state index in [1.807, 2.05) is 123 Å². The Balaban J connectivity index is 0.000000172. The number of carbonyl (C=O) groups excluding carboxylic acids is 2. The number of benzene rings is 4. The second-order valence-electron chi connectivity index (χ2n) is 7.12. The lowest BCUT2D eigenvalue weighted by Gasteiger charge is -2.02. The molecule has 0 aliphatic heterocycles. The molecule has 0 aromatic heterocycles. The van der Waals surface area contributed by atoms with E-state index in [1.165, 1.54) is 11.1 Å². The zero-order valence-corrected chi connectivity index (χ0v) is 17.2. The molecule has 0 bridgehead atoms. The summed E-state index contributed by atoms with van der Waals surface area (Å²) in [5, 5.41) is 0. The Kier molecular flexibility index (Phi) is 7.07. The topological polar surface area (TPSA) is 34.1 Å². The van der Waals surface area contributed by atoms with Crippen molar-refractivity contribution >= 4 is 11.6 Å². The van der Waals surface area contributed by atoms with Gasteiger partial charge in [0.2, 0.25) is 0 Å². The van der Waals surface area contributed by atoms with Crippen LogP contribution in [0.3, 0.4) is 0 Å². The molecule has 0 amide bonds. The Morgan fingerprint density at radius 2 is 0.667 bits per heavy atom. The summed E-state index contributed by atoms with van der Waals surface area (Å²) < 4.78 is 0. The molecular formula is C28H24O2. The van der Waals surface area contributed by atoms with Crippen LogP contribution in [0, 0.1) is 13.8 Å². The van der Waals surface area contributed by atoms with Gasteiger partial charge >= 0.3 is 0 Å². The van der Waals surface area contributed by atoms with E-state index in [0.717, 1.165) is 22.3 Å². The second kappa shape index (κ2) is 10.1. The van der Waals surface area contributed by atoms with E-state index < -0.39 is 0 Å². The van der Waals surface area contributed by atoms with Gasteiger partial charge < -0.3 is 0 Å². The largest absolute Gasteiger partial charge is 0.289 e. The Hall–Kier alpha value is -3.78. The molecule has 0 N–H and O–H groups in total. The quantitative estimate of drug-likeness (QED) is 0.374. The van der Waals surface area contributed by atoms with Gasteiger partial charge in [-0.3, -0.25) is 9.59 Å². The maximum atomic E-state index is 12.1. The van der Waals surface area contributed by atoms with Crippen molar-refractivity contribution in [1.29, 1.82) is 0 Å². The third kappa shape index (κ3) is 5.62. The summed E-state index contributed by atoms with van der Waals surface area (Å²) in [6.07, 6.45) is 0. The van der Waals surface area contributed by atoms with Gasteiger partial charge in [-0.15, -0.1) is 0 Å². The molecule has 4 aromatic carbocycles. The molecule has 0 aliphatic rings. The van der Waals surface area contributed by atoms with Gasteiger partial charge in [-0.1, -0.05) is 120 Å². The fraction of sp³-hybridized carbons (Fsp3) is 0.0714. The summed E-state index contributed by atoms with van der Waals surface area (Å²) in [5.41, 5.74) is 5.29. The van der Waals surface area contributed by atoms with Crippen LogP contribution in [0.4, 0.5) is 0 Å². The lowest BCUT2D eigenvalue weighted by atomic mass is 10.0. The Labute approximate surface area is 177 Å². The van der Waals surface area contributed by atoms with Crippen molar-refractivity contribution < 1.29 is 9.59 Å². The Morgan fingerprint density at radius 1 is 0.400 bits per heavy atom. The lowest BCUT2D eigenvalue weighted by Crippen LogP contribution is -2.00. The normalized spacial score (nSPS) is 9.93. The molecule has 4 rings (SSSR count). The zero-order chi connectivity index (χ0) is 21.3. The lowest BCUT2D eigenvalue weighted by molar-refractivity contribution is 0.103.